The number of aldehydes is 1. The number of hydrogen-bond acceptors (Lipinski definition) is 10. The van der Waals surface area contributed by atoms with Gasteiger partial charge in [-0.15, -0.1) is 13.2 Å². The molecule has 1 aliphatic heterocycles. The minimum atomic E-state index is -1.56. The monoisotopic (exact) mass is 886 g/mol. The highest BCUT2D eigenvalue weighted by molar-refractivity contribution is 6.03. The number of rotatable bonds is 23. The van der Waals surface area contributed by atoms with Crippen molar-refractivity contribution in [2.45, 2.75) is 82.3 Å². The Hall–Kier alpha value is -6.08. The summed E-state index contributed by atoms with van der Waals surface area (Å²) in [6, 6.07) is 27.5. The fourth-order valence-electron chi connectivity index (χ4n) is 9.66. The molecule has 0 saturated heterocycles. The highest BCUT2D eigenvalue weighted by Gasteiger charge is 2.65. The van der Waals surface area contributed by atoms with E-state index < -0.39 is 29.7 Å². The minimum Gasteiger partial charge on any atom is -0.459 e. The Bertz CT molecular complexity index is 2300. The second kappa shape index (κ2) is 22.7. The van der Waals surface area contributed by atoms with E-state index >= 15 is 0 Å². The molecule has 0 bridgehead atoms. The van der Waals surface area contributed by atoms with Crippen LogP contribution in [-0.4, -0.2) is 71.5 Å². The highest BCUT2D eigenvalue weighted by Crippen LogP contribution is 2.62. The molecule has 6 atom stereocenters. The second-order valence-electron chi connectivity index (χ2n) is 16.8. The summed E-state index contributed by atoms with van der Waals surface area (Å²) in [5.74, 6) is -1.34. The van der Waals surface area contributed by atoms with Gasteiger partial charge in [0.25, 0.3) is 0 Å². The summed E-state index contributed by atoms with van der Waals surface area (Å²) >= 11 is 0. The number of aliphatic hydroxyl groups excluding tert-OH is 2. The van der Waals surface area contributed by atoms with Crippen molar-refractivity contribution in [1.82, 2.24) is 4.90 Å². The van der Waals surface area contributed by atoms with E-state index in [0.717, 1.165) is 48.7 Å². The molecular weight excluding hydrogens is 828 g/mol. The molecule has 4 aromatic carbocycles. The van der Waals surface area contributed by atoms with Crippen LogP contribution < -0.4 is 9.47 Å². The fourth-order valence-corrected chi connectivity index (χ4v) is 9.66. The molecule has 2 N–H and O–H groups in total. The van der Waals surface area contributed by atoms with E-state index in [4.69, 9.17) is 28.9 Å². The van der Waals surface area contributed by atoms with Crippen molar-refractivity contribution in [2.75, 3.05) is 26.4 Å². The first-order valence-corrected chi connectivity index (χ1v) is 22.6. The van der Waals surface area contributed by atoms with Crippen LogP contribution in [0.5, 0.6) is 17.2 Å². The van der Waals surface area contributed by atoms with Gasteiger partial charge in [0.05, 0.1) is 24.8 Å². The average molecular weight is 887 g/mol. The Morgan fingerprint density at radius 1 is 0.892 bits per heavy atom. The number of oxime groups is 1. The summed E-state index contributed by atoms with van der Waals surface area (Å²) in [4.78, 5) is 34.2. The second-order valence-corrected chi connectivity index (χ2v) is 16.8. The Morgan fingerprint density at radius 2 is 1.66 bits per heavy atom. The number of ether oxygens (including phenoxy) is 4. The molecular formula is C53H59FN2O9. The summed E-state index contributed by atoms with van der Waals surface area (Å²) in [6.07, 6.45) is 10.6. The summed E-state index contributed by atoms with van der Waals surface area (Å²) in [7, 11) is 0. The lowest BCUT2D eigenvalue weighted by Gasteiger charge is -2.59. The predicted octanol–water partition coefficient (Wildman–Crippen LogP) is 10.5. The Labute approximate surface area is 380 Å². The highest BCUT2D eigenvalue weighted by atomic mass is 19.1. The lowest BCUT2D eigenvalue weighted by molar-refractivity contribution is -0.256. The van der Waals surface area contributed by atoms with E-state index in [2.05, 4.69) is 19.2 Å². The SMILES string of the molecule is C=CCCOC(=O)N(Cc1ccc(F)cc1)C1CC(=NOCc2ccccc2)C2=CC(CCCCO)C(CCCCO)C3c4cc(Oc5cccc(C=O)c5)ccc4OC1(OCC=C)C23. The van der Waals surface area contributed by atoms with Crippen molar-refractivity contribution in [2.24, 2.45) is 22.9 Å². The summed E-state index contributed by atoms with van der Waals surface area (Å²) in [5, 5.41) is 24.9. The normalized spacial score (nSPS) is 22.4. The fraction of sp³-hybridized carbons (Fsp3) is 0.377. The quantitative estimate of drug-likeness (QED) is 0.0323. The van der Waals surface area contributed by atoms with Crippen LogP contribution in [0.2, 0.25) is 0 Å². The number of hydrogen-bond donors (Lipinski definition) is 2. The molecule has 11 nitrogen and oxygen atoms in total. The Balaban J connectivity index is 1.45. The maximum absolute atomic E-state index is 14.7. The molecule has 2 aliphatic carbocycles. The number of benzene rings is 4. The van der Waals surface area contributed by atoms with Crippen LogP contribution in [0.3, 0.4) is 0 Å². The van der Waals surface area contributed by atoms with Gasteiger partial charge in [0.2, 0.25) is 5.79 Å². The van der Waals surface area contributed by atoms with Crippen LogP contribution in [-0.2, 0) is 27.5 Å². The van der Waals surface area contributed by atoms with Crippen LogP contribution in [0.15, 0.2) is 139 Å². The van der Waals surface area contributed by atoms with Gasteiger partial charge in [0.15, 0.2) is 0 Å². The zero-order chi connectivity index (χ0) is 45.6. The number of nitrogens with zero attached hydrogens (tertiary/aromatic N) is 2. The number of carbonyl (C=O) groups is 2. The summed E-state index contributed by atoms with van der Waals surface area (Å²) in [6.45, 7) is 8.32. The maximum Gasteiger partial charge on any atom is 0.410 e. The molecule has 0 spiro atoms. The van der Waals surface area contributed by atoms with Crippen molar-refractivity contribution in [1.29, 1.82) is 0 Å². The molecule has 1 saturated carbocycles. The Kier molecular flexibility index (Phi) is 16.4. The molecule has 12 heteroatoms. The number of allylic oxidation sites excluding steroid dienone is 1. The minimum absolute atomic E-state index is 0.00320. The lowest BCUT2D eigenvalue weighted by Crippen LogP contribution is -2.70. The van der Waals surface area contributed by atoms with Crippen molar-refractivity contribution in [3.63, 3.8) is 0 Å². The van der Waals surface area contributed by atoms with E-state index in [-0.39, 0.29) is 63.8 Å². The zero-order valence-corrected chi connectivity index (χ0v) is 36.8. The number of aliphatic hydroxyl groups is 2. The average Bonchev–Trinajstić information content (AvgIpc) is 3.32. The van der Waals surface area contributed by atoms with Crippen LogP contribution in [0.4, 0.5) is 9.18 Å². The molecule has 3 aliphatic rings. The van der Waals surface area contributed by atoms with Crippen LogP contribution in [0.1, 0.15) is 84.3 Å². The smallest absolute Gasteiger partial charge is 0.410 e. The van der Waals surface area contributed by atoms with Crippen molar-refractivity contribution in [3.05, 3.63) is 162 Å². The standard InChI is InChI=1S/C53H59FN2O9/c1-3-5-29-61-52(60)56(34-37-20-22-41(54)23-21-37)49-33-47(55-63-36-38-14-7-6-8-15-38)45-31-40(17-9-11-26-57)44(19-10-12-27-58)50-46-32-43(64-42-18-13-16-39(30-42)35-59)24-25-48(46)65-53(49,51(45)50)62-28-4-2/h3-4,6-8,13-16,18,20-25,30-32,35,40,44,49-51,57-58H,1-2,5,9-12,17,19,26-29,33-34,36H2. The van der Waals surface area contributed by atoms with Gasteiger partial charge in [-0.2, -0.15) is 0 Å². The topological polar surface area (TPSA) is 136 Å². The number of unbranched alkanes of at least 4 members (excludes halogenated alkanes) is 2. The van der Waals surface area contributed by atoms with Gasteiger partial charge in [-0.25, -0.2) is 9.18 Å². The third-order valence-electron chi connectivity index (χ3n) is 12.5. The van der Waals surface area contributed by atoms with Gasteiger partial charge in [0.1, 0.15) is 42.0 Å². The van der Waals surface area contributed by atoms with E-state index in [9.17, 15) is 24.2 Å². The summed E-state index contributed by atoms with van der Waals surface area (Å²) in [5.41, 5.74) is 4.42. The van der Waals surface area contributed by atoms with Gasteiger partial charge in [-0.3, -0.25) is 9.69 Å². The Morgan fingerprint density at radius 3 is 2.40 bits per heavy atom. The molecule has 1 amide bonds. The first-order chi connectivity index (χ1) is 31.8. The molecule has 1 fully saturated rings. The number of halogens is 1. The van der Waals surface area contributed by atoms with Crippen molar-refractivity contribution in [3.8, 4) is 17.2 Å². The van der Waals surface area contributed by atoms with Crippen LogP contribution >= 0.6 is 0 Å². The first-order valence-electron chi connectivity index (χ1n) is 22.6. The third kappa shape index (κ3) is 11.1. The summed E-state index contributed by atoms with van der Waals surface area (Å²) < 4.78 is 41.2. The van der Waals surface area contributed by atoms with Gasteiger partial charge >= 0.3 is 6.09 Å². The molecule has 1 heterocycles. The predicted molar refractivity (Wildman–Crippen MR) is 246 cm³/mol. The number of carbonyl (C=O) groups excluding carboxylic acids is 2. The van der Waals surface area contributed by atoms with Crippen LogP contribution in [0.25, 0.3) is 0 Å². The molecule has 4 aromatic rings. The van der Waals surface area contributed by atoms with E-state index in [1.165, 1.54) is 12.1 Å². The molecule has 342 valence electrons. The van der Waals surface area contributed by atoms with E-state index in [0.29, 0.717) is 53.3 Å². The van der Waals surface area contributed by atoms with Crippen molar-refractivity contribution >= 4 is 18.1 Å². The molecule has 6 unspecified atom stereocenters. The molecule has 65 heavy (non-hydrogen) atoms. The van der Waals surface area contributed by atoms with Gasteiger partial charge in [0, 0.05) is 43.2 Å². The molecule has 7 rings (SSSR count). The molecule has 0 radical (unpaired) electrons. The zero-order valence-electron chi connectivity index (χ0n) is 36.8. The van der Waals surface area contributed by atoms with Gasteiger partial charge < -0.3 is 34.0 Å². The maximum atomic E-state index is 14.7. The first kappa shape index (κ1) is 46.9. The van der Waals surface area contributed by atoms with E-state index in [1.807, 2.05) is 48.5 Å². The van der Waals surface area contributed by atoms with Crippen LogP contribution in [0, 0.1) is 23.6 Å². The van der Waals surface area contributed by atoms with Gasteiger partial charge in [-0.05, 0) is 103 Å². The lowest BCUT2D eigenvalue weighted by atomic mass is 9.55. The van der Waals surface area contributed by atoms with E-state index in [1.54, 1.807) is 53.5 Å². The number of amides is 1. The van der Waals surface area contributed by atoms with Gasteiger partial charge in [-0.1, -0.05) is 90.8 Å². The number of fused-ring (bicyclic) bond motifs is 2. The molecule has 0 aromatic heterocycles. The van der Waals surface area contributed by atoms with Crippen molar-refractivity contribution < 1.29 is 48.0 Å². The third-order valence-corrected chi connectivity index (χ3v) is 12.5. The largest absolute Gasteiger partial charge is 0.459 e.